The Morgan fingerprint density at radius 2 is 2.44 bits per heavy atom. The average molecular weight is 255 g/mol. The molecule has 84 valence electrons. The molecule has 0 saturated carbocycles. The van der Waals surface area contributed by atoms with Gasteiger partial charge in [0.25, 0.3) is 5.91 Å². The fourth-order valence-corrected chi connectivity index (χ4v) is 2.98. The number of rotatable bonds is 1. The van der Waals surface area contributed by atoms with Crippen LogP contribution in [0.2, 0.25) is 5.02 Å². The minimum Gasteiger partial charge on any atom is -0.322 e. The molecule has 2 rings (SSSR count). The van der Waals surface area contributed by atoms with E-state index in [2.05, 4.69) is 6.07 Å². The second-order valence-electron chi connectivity index (χ2n) is 3.74. The molecule has 0 aromatic carbocycles. The van der Waals surface area contributed by atoms with Gasteiger partial charge in [-0.2, -0.15) is 5.26 Å². The van der Waals surface area contributed by atoms with Crippen LogP contribution < -0.4 is 0 Å². The van der Waals surface area contributed by atoms with Crippen LogP contribution in [0.15, 0.2) is 11.4 Å². The molecular formula is C11H11ClN2OS. The summed E-state index contributed by atoms with van der Waals surface area (Å²) in [5, 5.41) is 11.3. The molecule has 1 saturated heterocycles. The van der Waals surface area contributed by atoms with E-state index in [0.29, 0.717) is 16.4 Å². The molecule has 0 spiro atoms. The zero-order valence-corrected chi connectivity index (χ0v) is 10.2. The Kier molecular flexibility index (Phi) is 3.47. The first-order chi connectivity index (χ1) is 7.74. The van der Waals surface area contributed by atoms with Gasteiger partial charge in [-0.15, -0.1) is 11.3 Å². The van der Waals surface area contributed by atoms with Crippen molar-refractivity contribution in [3.8, 4) is 6.07 Å². The van der Waals surface area contributed by atoms with Crippen molar-refractivity contribution < 1.29 is 4.79 Å². The summed E-state index contributed by atoms with van der Waals surface area (Å²) >= 11 is 7.26. The summed E-state index contributed by atoms with van der Waals surface area (Å²) in [5.41, 5.74) is 0. The summed E-state index contributed by atoms with van der Waals surface area (Å²) in [6.45, 7) is 0.658. The van der Waals surface area contributed by atoms with E-state index in [4.69, 9.17) is 16.9 Å². The minimum absolute atomic E-state index is 0.105. The number of nitriles is 1. The molecule has 0 bridgehead atoms. The fourth-order valence-electron chi connectivity index (χ4n) is 1.89. The van der Waals surface area contributed by atoms with Gasteiger partial charge in [0, 0.05) is 6.54 Å². The third-order valence-corrected chi connectivity index (χ3v) is 4.05. The Labute approximate surface area is 103 Å². The molecule has 1 aromatic rings. The van der Waals surface area contributed by atoms with Crippen LogP contribution in [0.3, 0.4) is 0 Å². The highest BCUT2D eigenvalue weighted by Gasteiger charge is 2.28. The lowest BCUT2D eigenvalue weighted by atomic mass is 10.0. The number of carbonyl (C=O) groups excluding carboxylic acids is 1. The van der Waals surface area contributed by atoms with Crippen molar-refractivity contribution in [2.24, 2.45) is 0 Å². The number of halogens is 1. The first-order valence-electron chi connectivity index (χ1n) is 5.17. The zero-order chi connectivity index (χ0) is 11.5. The minimum atomic E-state index is -0.292. The predicted molar refractivity (Wildman–Crippen MR) is 63.6 cm³/mol. The van der Waals surface area contributed by atoms with E-state index in [1.807, 2.05) is 0 Å². The number of likely N-dealkylation sites (tertiary alicyclic amines) is 1. The number of carbonyl (C=O) groups is 1. The smallest absolute Gasteiger partial charge is 0.266 e. The standard InChI is InChI=1S/C11H11ClN2OS/c12-9-4-6-16-10(9)11(15)14-5-2-1-3-8(14)7-13/h4,6,8H,1-3,5H2. The number of hydrogen-bond acceptors (Lipinski definition) is 3. The van der Waals surface area contributed by atoms with Crippen LogP contribution in [0, 0.1) is 11.3 Å². The SMILES string of the molecule is N#CC1CCCCN1C(=O)c1sccc1Cl. The molecule has 2 heterocycles. The molecule has 1 fully saturated rings. The number of nitrogens with zero attached hydrogens (tertiary/aromatic N) is 2. The molecule has 5 heteroatoms. The van der Waals surface area contributed by atoms with E-state index in [9.17, 15) is 4.79 Å². The first kappa shape index (κ1) is 11.4. The van der Waals surface area contributed by atoms with Crippen LogP contribution in [0.25, 0.3) is 0 Å². The van der Waals surface area contributed by atoms with Gasteiger partial charge < -0.3 is 4.90 Å². The Morgan fingerprint density at radius 1 is 1.62 bits per heavy atom. The number of amides is 1. The molecule has 3 nitrogen and oxygen atoms in total. The zero-order valence-electron chi connectivity index (χ0n) is 8.65. The van der Waals surface area contributed by atoms with Crippen molar-refractivity contribution in [1.82, 2.24) is 4.90 Å². The van der Waals surface area contributed by atoms with E-state index in [-0.39, 0.29) is 11.9 Å². The van der Waals surface area contributed by atoms with E-state index in [0.717, 1.165) is 19.3 Å². The van der Waals surface area contributed by atoms with Crippen LogP contribution >= 0.6 is 22.9 Å². The lowest BCUT2D eigenvalue weighted by Gasteiger charge is -2.31. The van der Waals surface area contributed by atoms with Crippen LogP contribution in [0.1, 0.15) is 28.9 Å². The second-order valence-corrected chi connectivity index (χ2v) is 5.06. The Hall–Kier alpha value is -1.05. The summed E-state index contributed by atoms with van der Waals surface area (Å²) < 4.78 is 0. The highest BCUT2D eigenvalue weighted by molar-refractivity contribution is 7.12. The van der Waals surface area contributed by atoms with Crippen molar-refractivity contribution in [3.05, 3.63) is 21.3 Å². The second kappa shape index (κ2) is 4.86. The van der Waals surface area contributed by atoms with Gasteiger partial charge in [-0.05, 0) is 30.7 Å². The molecule has 1 atom stereocenters. The lowest BCUT2D eigenvalue weighted by Crippen LogP contribution is -2.42. The van der Waals surface area contributed by atoms with Gasteiger partial charge in [0.1, 0.15) is 10.9 Å². The fraction of sp³-hybridized carbons (Fsp3) is 0.455. The van der Waals surface area contributed by atoms with Crippen molar-refractivity contribution in [2.75, 3.05) is 6.54 Å². The van der Waals surface area contributed by atoms with Gasteiger partial charge in [-0.25, -0.2) is 0 Å². The molecule has 0 N–H and O–H groups in total. The number of piperidine rings is 1. The van der Waals surface area contributed by atoms with E-state index >= 15 is 0 Å². The molecule has 1 aromatic heterocycles. The quantitative estimate of drug-likeness (QED) is 0.773. The van der Waals surface area contributed by atoms with Crippen molar-refractivity contribution in [2.45, 2.75) is 25.3 Å². The average Bonchev–Trinajstić information content (AvgIpc) is 2.74. The third-order valence-electron chi connectivity index (χ3n) is 2.72. The van der Waals surface area contributed by atoms with E-state index in [1.165, 1.54) is 11.3 Å². The molecule has 1 unspecified atom stereocenters. The maximum absolute atomic E-state index is 12.2. The summed E-state index contributed by atoms with van der Waals surface area (Å²) in [7, 11) is 0. The molecule has 1 amide bonds. The van der Waals surface area contributed by atoms with Gasteiger partial charge in [-0.3, -0.25) is 4.79 Å². The molecule has 1 aliphatic heterocycles. The maximum Gasteiger partial charge on any atom is 0.266 e. The van der Waals surface area contributed by atoms with Crippen LogP contribution in [0.5, 0.6) is 0 Å². The van der Waals surface area contributed by atoms with E-state index in [1.54, 1.807) is 16.3 Å². The predicted octanol–water partition coefficient (Wildman–Crippen LogP) is 2.92. The van der Waals surface area contributed by atoms with Crippen LogP contribution in [-0.4, -0.2) is 23.4 Å². The number of hydrogen-bond donors (Lipinski definition) is 0. The summed E-state index contributed by atoms with van der Waals surface area (Å²) in [4.78, 5) is 14.3. The summed E-state index contributed by atoms with van der Waals surface area (Å²) in [6, 6.07) is 3.60. The molecular weight excluding hydrogens is 244 g/mol. The lowest BCUT2D eigenvalue weighted by molar-refractivity contribution is 0.0676. The Morgan fingerprint density at radius 3 is 3.06 bits per heavy atom. The van der Waals surface area contributed by atoms with Crippen molar-refractivity contribution in [1.29, 1.82) is 5.26 Å². The molecule has 0 radical (unpaired) electrons. The first-order valence-corrected chi connectivity index (χ1v) is 6.43. The van der Waals surface area contributed by atoms with Gasteiger partial charge >= 0.3 is 0 Å². The summed E-state index contributed by atoms with van der Waals surface area (Å²) in [6.07, 6.45) is 2.75. The highest BCUT2D eigenvalue weighted by Crippen LogP contribution is 2.26. The van der Waals surface area contributed by atoms with E-state index < -0.39 is 0 Å². The third kappa shape index (κ3) is 2.06. The van der Waals surface area contributed by atoms with Gasteiger partial charge in [0.15, 0.2) is 0 Å². The summed E-state index contributed by atoms with van der Waals surface area (Å²) in [5.74, 6) is -0.105. The van der Waals surface area contributed by atoms with Crippen LogP contribution in [-0.2, 0) is 0 Å². The Balaban J connectivity index is 2.21. The largest absolute Gasteiger partial charge is 0.322 e. The maximum atomic E-state index is 12.2. The highest BCUT2D eigenvalue weighted by atomic mass is 35.5. The van der Waals surface area contributed by atoms with Crippen LogP contribution in [0.4, 0.5) is 0 Å². The molecule has 1 aliphatic rings. The molecule has 0 aliphatic carbocycles. The normalized spacial score (nSPS) is 20.5. The van der Waals surface area contributed by atoms with Crippen molar-refractivity contribution in [3.63, 3.8) is 0 Å². The monoisotopic (exact) mass is 254 g/mol. The van der Waals surface area contributed by atoms with Gasteiger partial charge in [0.2, 0.25) is 0 Å². The van der Waals surface area contributed by atoms with Gasteiger partial charge in [0.05, 0.1) is 11.1 Å². The molecule has 16 heavy (non-hydrogen) atoms. The topological polar surface area (TPSA) is 44.1 Å². The number of thiophene rings is 1. The van der Waals surface area contributed by atoms with Gasteiger partial charge in [-0.1, -0.05) is 11.6 Å². The Bertz CT molecular complexity index is 437. The van der Waals surface area contributed by atoms with Crippen molar-refractivity contribution >= 4 is 28.8 Å².